The van der Waals surface area contributed by atoms with Crippen LogP contribution in [0.3, 0.4) is 0 Å². The molecular weight excluding hydrogens is 324 g/mol. The zero-order valence-corrected chi connectivity index (χ0v) is 14.4. The molecule has 0 unspecified atom stereocenters. The van der Waals surface area contributed by atoms with Gasteiger partial charge in [-0.05, 0) is 23.3 Å². The highest BCUT2D eigenvalue weighted by atomic mass is 32.2. The van der Waals surface area contributed by atoms with Crippen molar-refractivity contribution in [1.29, 1.82) is 0 Å². The summed E-state index contributed by atoms with van der Waals surface area (Å²) in [6.45, 7) is 0.907. The number of hydrazine groups is 1. The van der Waals surface area contributed by atoms with E-state index in [9.17, 15) is 14.1 Å². The molecule has 2 amide bonds. The van der Waals surface area contributed by atoms with Crippen molar-refractivity contribution in [1.82, 2.24) is 10.0 Å². The molecule has 0 bridgehead atoms. The Labute approximate surface area is 144 Å². The monoisotopic (exact) mass is 342 g/mol. The van der Waals surface area contributed by atoms with Crippen LogP contribution in [0.5, 0.6) is 0 Å². The van der Waals surface area contributed by atoms with Crippen LogP contribution in [0.15, 0.2) is 48.5 Å². The maximum atomic E-state index is 12.5. The van der Waals surface area contributed by atoms with Crippen molar-refractivity contribution in [3.63, 3.8) is 0 Å². The van der Waals surface area contributed by atoms with Gasteiger partial charge in [0, 0.05) is 11.1 Å². The molecule has 0 N–H and O–H groups in total. The van der Waals surface area contributed by atoms with Crippen molar-refractivity contribution < 1.29 is 14.1 Å². The molecule has 24 heavy (non-hydrogen) atoms. The van der Waals surface area contributed by atoms with E-state index in [1.807, 2.05) is 48.5 Å². The number of hydrogen-bond donors (Lipinski definition) is 0. The van der Waals surface area contributed by atoms with E-state index in [0.29, 0.717) is 24.2 Å². The van der Waals surface area contributed by atoms with Crippen LogP contribution >= 0.6 is 0 Å². The third-order valence-corrected chi connectivity index (χ3v) is 3.90. The fourth-order valence-electron chi connectivity index (χ4n) is 2.87. The first kappa shape index (κ1) is 16.5. The molecule has 4 rings (SSSR count). The van der Waals surface area contributed by atoms with Crippen LogP contribution in [0.1, 0.15) is 31.8 Å². The van der Waals surface area contributed by atoms with Crippen LogP contribution in [0.25, 0.3) is 0 Å². The van der Waals surface area contributed by atoms with Gasteiger partial charge in [0.25, 0.3) is 11.8 Å². The first-order valence-electron chi connectivity index (χ1n) is 7.53. The Kier molecular flexibility index (Phi) is 4.59. The van der Waals surface area contributed by atoms with E-state index in [2.05, 4.69) is 0 Å². The number of fused-ring (bicyclic) bond motifs is 3. The van der Waals surface area contributed by atoms with Crippen LogP contribution in [-0.2, 0) is 24.3 Å². The van der Waals surface area contributed by atoms with Gasteiger partial charge in [-0.2, -0.15) is 0 Å². The fourth-order valence-corrected chi connectivity index (χ4v) is 2.87. The molecule has 2 aliphatic heterocycles. The molecule has 2 aliphatic rings. The third kappa shape index (κ3) is 3.02. The van der Waals surface area contributed by atoms with E-state index in [4.69, 9.17) is 0 Å². The Bertz CT molecular complexity index is 725. The minimum atomic E-state index is -0.611. The molecule has 6 heteroatoms. The Morgan fingerprint density at radius 2 is 1.12 bits per heavy atom. The molecule has 0 aliphatic carbocycles. The third-order valence-electron chi connectivity index (χ3n) is 3.90. The van der Waals surface area contributed by atoms with Crippen molar-refractivity contribution in [2.75, 3.05) is 12.5 Å². The van der Waals surface area contributed by atoms with Gasteiger partial charge in [0.2, 0.25) is 0 Å². The summed E-state index contributed by atoms with van der Waals surface area (Å²) in [5.74, 6) is -0.204. The summed E-state index contributed by atoms with van der Waals surface area (Å²) in [5, 5.41) is 3.10. The van der Waals surface area contributed by atoms with Crippen LogP contribution in [0.4, 0.5) is 0 Å². The average molecular weight is 342 g/mol. The molecular formula is C18H18N2O3S. The maximum Gasteiger partial charge on any atom is 0.273 e. The first-order valence-corrected chi connectivity index (χ1v) is 9.50. The van der Waals surface area contributed by atoms with Gasteiger partial charge in [0.05, 0.1) is 25.6 Å². The Hall–Kier alpha value is -2.31. The standard InChI is InChI=1S/C16H12N2O2.C2H6OS/c19-15-13-7-3-1-5-11(13)9-17-16(20)14-8-4-2-6-12(14)10-18(15)17;1-4(2)3/h1-8H,9-10H2;1-2H3. The molecule has 2 heterocycles. The second kappa shape index (κ2) is 6.67. The van der Waals surface area contributed by atoms with Crippen LogP contribution < -0.4 is 0 Å². The quantitative estimate of drug-likeness (QED) is 0.690. The van der Waals surface area contributed by atoms with Gasteiger partial charge in [-0.25, -0.2) is 10.0 Å². The van der Waals surface area contributed by atoms with Crippen LogP contribution in [-0.4, -0.2) is 38.9 Å². The number of rotatable bonds is 0. The van der Waals surface area contributed by atoms with Crippen molar-refractivity contribution in [3.05, 3.63) is 70.8 Å². The minimum absolute atomic E-state index is 0.102. The Balaban J connectivity index is 0.000000383. The summed E-state index contributed by atoms with van der Waals surface area (Å²) in [5.41, 5.74) is 3.19. The lowest BCUT2D eigenvalue weighted by Gasteiger charge is -2.42. The highest BCUT2D eigenvalue weighted by Crippen LogP contribution is 2.30. The highest BCUT2D eigenvalue weighted by Gasteiger charge is 2.38. The van der Waals surface area contributed by atoms with Gasteiger partial charge in [0.15, 0.2) is 0 Å². The lowest BCUT2D eigenvalue weighted by molar-refractivity contribution is -0.0218. The molecule has 2 aromatic rings. The minimum Gasteiger partial charge on any atom is -0.617 e. The van der Waals surface area contributed by atoms with Gasteiger partial charge in [-0.3, -0.25) is 9.59 Å². The molecule has 0 fully saturated rings. The van der Waals surface area contributed by atoms with Crippen molar-refractivity contribution >= 4 is 23.0 Å². The van der Waals surface area contributed by atoms with Crippen LogP contribution in [0.2, 0.25) is 0 Å². The highest BCUT2D eigenvalue weighted by molar-refractivity contribution is 7.89. The molecule has 0 aromatic heterocycles. The number of nitrogens with zero attached hydrogens (tertiary/aromatic N) is 2. The number of amides is 2. The Morgan fingerprint density at radius 3 is 1.50 bits per heavy atom. The molecule has 0 saturated carbocycles. The lowest BCUT2D eigenvalue weighted by Crippen LogP contribution is -2.54. The Morgan fingerprint density at radius 1 is 0.792 bits per heavy atom. The van der Waals surface area contributed by atoms with Gasteiger partial charge in [-0.15, -0.1) is 0 Å². The van der Waals surface area contributed by atoms with Crippen molar-refractivity contribution in [2.45, 2.75) is 13.1 Å². The molecule has 5 nitrogen and oxygen atoms in total. The van der Waals surface area contributed by atoms with E-state index in [1.165, 1.54) is 0 Å². The van der Waals surface area contributed by atoms with E-state index in [-0.39, 0.29) is 11.8 Å². The predicted molar refractivity (Wildman–Crippen MR) is 92.6 cm³/mol. The molecule has 0 spiro atoms. The van der Waals surface area contributed by atoms with Gasteiger partial charge < -0.3 is 4.55 Å². The SMILES string of the molecule is C[S+](C)[O-].O=C1c2ccccc2CN2C(=O)c3ccccc3CN12. The molecule has 124 valence electrons. The molecule has 0 radical (unpaired) electrons. The number of benzene rings is 2. The lowest BCUT2D eigenvalue weighted by atomic mass is 9.99. The normalized spacial score (nSPS) is 15.3. The van der Waals surface area contributed by atoms with E-state index >= 15 is 0 Å². The second-order valence-corrected chi connectivity index (χ2v) is 7.26. The fraction of sp³-hybridized carbons (Fsp3) is 0.222. The zero-order chi connectivity index (χ0) is 17.3. The van der Waals surface area contributed by atoms with E-state index in [0.717, 1.165) is 11.1 Å². The topological polar surface area (TPSA) is 63.7 Å². The van der Waals surface area contributed by atoms with E-state index < -0.39 is 11.2 Å². The van der Waals surface area contributed by atoms with Crippen molar-refractivity contribution in [3.8, 4) is 0 Å². The first-order chi connectivity index (χ1) is 11.5. The largest absolute Gasteiger partial charge is 0.617 e. The summed E-state index contributed by atoms with van der Waals surface area (Å²) < 4.78 is 9.56. The molecule has 2 aromatic carbocycles. The van der Waals surface area contributed by atoms with Gasteiger partial charge in [-0.1, -0.05) is 47.6 Å². The summed E-state index contributed by atoms with van der Waals surface area (Å²) in [7, 11) is 0. The summed E-state index contributed by atoms with van der Waals surface area (Å²) >= 11 is -0.611. The molecule has 0 atom stereocenters. The second-order valence-electron chi connectivity index (χ2n) is 5.78. The van der Waals surface area contributed by atoms with E-state index in [1.54, 1.807) is 22.5 Å². The van der Waals surface area contributed by atoms with Crippen LogP contribution in [0, 0.1) is 0 Å². The number of carbonyl (C=O) groups excluding carboxylic acids is 2. The van der Waals surface area contributed by atoms with Gasteiger partial charge in [0.1, 0.15) is 0 Å². The smallest absolute Gasteiger partial charge is 0.273 e. The maximum absolute atomic E-state index is 12.5. The number of hydrogen-bond acceptors (Lipinski definition) is 3. The summed E-state index contributed by atoms with van der Waals surface area (Å²) in [4.78, 5) is 25.1. The molecule has 0 saturated heterocycles. The number of carbonyl (C=O) groups is 2. The average Bonchev–Trinajstić information content (AvgIpc) is 2.56. The summed E-state index contributed by atoms with van der Waals surface area (Å²) in [6, 6.07) is 14.9. The van der Waals surface area contributed by atoms with Crippen molar-refractivity contribution in [2.24, 2.45) is 0 Å². The zero-order valence-electron chi connectivity index (χ0n) is 13.6. The summed E-state index contributed by atoms with van der Waals surface area (Å²) in [6.07, 6.45) is 3.28. The predicted octanol–water partition coefficient (Wildman–Crippen LogP) is 2.21. The van der Waals surface area contributed by atoms with Gasteiger partial charge >= 0.3 is 0 Å².